The van der Waals surface area contributed by atoms with Crippen LogP contribution in [-0.2, 0) is 23.0 Å². The summed E-state index contributed by atoms with van der Waals surface area (Å²) in [6.45, 7) is 5.15. The van der Waals surface area contributed by atoms with Gasteiger partial charge in [-0.05, 0) is 43.9 Å². The summed E-state index contributed by atoms with van der Waals surface area (Å²) >= 11 is 0. The lowest BCUT2D eigenvalue weighted by Gasteiger charge is -2.18. The van der Waals surface area contributed by atoms with Crippen LogP contribution in [0.2, 0.25) is 0 Å². The zero-order chi connectivity index (χ0) is 21.3. The molecule has 2 rings (SSSR count). The fraction of sp³-hybridized carbons (Fsp3) is 0.409. The van der Waals surface area contributed by atoms with Crippen LogP contribution in [0.1, 0.15) is 31.4 Å². The van der Waals surface area contributed by atoms with Crippen LogP contribution in [0, 0.1) is 0 Å². The number of hydrogen-bond donors (Lipinski definition) is 2. The van der Waals surface area contributed by atoms with Crippen LogP contribution in [0.25, 0.3) is 0 Å². The van der Waals surface area contributed by atoms with Gasteiger partial charge in [-0.3, -0.25) is 0 Å². The molecule has 0 saturated carbocycles. The molecule has 0 amide bonds. The molecule has 0 fully saturated rings. The Labute approximate surface area is 198 Å². The van der Waals surface area contributed by atoms with Crippen molar-refractivity contribution in [1.29, 1.82) is 0 Å². The van der Waals surface area contributed by atoms with E-state index in [0.29, 0.717) is 16.4 Å². The lowest BCUT2D eigenvalue weighted by atomic mass is 10.1. The van der Waals surface area contributed by atoms with Crippen molar-refractivity contribution < 1.29 is 8.42 Å². The van der Waals surface area contributed by atoms with Gasteiger partial charge in [0.05, 0.1) is 11.4 Å². The number of hydrogen-bond acceptors (Lipinski definition) is 3. The predicted octanol–water partition coefficient (Wildman–Crippen LogP) is 3.63. The van der Waals surface area contributed by atoms with Crippen LogP contribution in [0.5, 0.6) is 0 Å². The molecular weight excluding hydrogens is 511 g/mol. The van der Waals surface area contributed by atoms with Gasteiger partial charge in [-0.1, -0.05) is 48.5 Å². The summed E-state index contributed by atoms with van der Waals surface area (Å²) in [5.41, 5.74) is 1.99. The number of aliphatic imine (C=N–C) groups is 1. The van der Waals surface area contributed by atoms with E-state index in [1.165, 1.54) is 24.0 Å². The monoisotopic (exact) mass is 544 g/mol. The third-order valence-corrected chi connectivity index (χ3v) is 6.49. The summed E-state index contributed by atoms with van der Waals surface area (Å²) in [4.78, 5) is 4.92. The zero-order valence-corrected chi connectivity index (χ0v) is 21.3. The van der Waals surface area contributed by atoms with Gasteiger partial charge in [-0.25, -0.2) is 17.7 Å². The summed E-state index contributed by atoms with van der Waals surface area (Å²) in [5, 5.41) is 6.66. The Morgan fingerprint density at radius 2 is 1.70 bits per heavy atom. The Morgan fingerprint density at radius 1 is 1.07 bits per heavy atom. The van der Waals surface area contributed by atoms with Crippen molar-refractivity contribution in [2.75, 3.05) is 20.6 Å². The lowest BCUT2D eigenvalue weighted by Crippen LogP contribution is -2.42. The van der Waals surface area contributed by atoms with Gasteiger partial charge in [0, 0.05) is 26.7 Å². The van der Waals surface area contributed by atoms with Crippen molar-refractivity contribution in [3.05, 3.63) is 65.7 Å². The molecule has 0 aliphatic carbocycles. The van der Waals surface area contributed by atoms with Crippen molar-refractivity contribution in [3.63, 3.8) is 0 Å². The van der Waals surface area contributed by atoms with Crippen LogP contribution in [-0.4, -0.2) is 45.4 Å². The maximum Gasteiger partial charge on any atom is 0.242 e. The average Bonchev–Trinajstić information content (AvgIpc) is 2.71. The first-order chi connectivity index (χ1) is 13.8. The fourth-order valence-corrected chi connectivity index (χ4v) is 4.01. The Balaban J connectivity index is 0.00000450. The van der Waals surface area contributed by atoms with E-state index in [9.17, 15) is 8.42 Å². The summed E-state index contributed by atoms with van der Waals surface area (Å²) < 4.78 is 26.4. The molecule has 6 nitrogen and oxygen atoms in total. The summed E-state index contributed by atoms with van der Waals surface area (Å²) in [5.74, 6) is 0.685. The average molecular weight is 545 g/mol. The molecule has 166 valence electrons. The van der Waals surface area contributed by atoms with Crippen LogP contribution >= 0.6 is 24.0 Å². The summed E-state index contributed by atoms with van der Waals surface area (Å²) in [6, 6.07) is 17.6. The summed E-state index contributed by atoms with van der Waals surface area (Å²) in [7, 11) is -0.433. The van der Waals surface area contributed by atoms with E-state index in [2.05, 4.69) is 46.8 Å². The highest BCUT2D eigenvalue weighted by molar-refractivity contribution is 14.0. The molecule has 0 spiro atoms. The van der Waals surface area contributed by atoms with E-state index < -0.39 is 10.0 Å². The molecule has 2 N–H and O–H groups in total. The quantitative estimate of drug-likeness (QED) is 0.287. The molecule has 2 aromatic carbocycles. The summed E-state index contributed by atoms with van der Waals surface area (Å²) in [6.07, 6.45) is 1.96. The second-order valence-electron chi connectivity index (χ2n) is 7.16. The molecule has 0 saturated heterocycles. The minimum Gasteiger partial charge on any atom is -0.357 e. The van der Waals surface area contributed by atoms with Crippen molar-refractivity contribution >= 4 is 40.0 Å². The molecule has 1 unspecified atom stereocenters. The van der Waals surface area contributed by atoms with Gasteiger partial charge in [0.1, 0.15) is 0 Å². The Bertz CT molecular complexity index is 902. The highest BCUT2D eigenvalue weighted by Gasteiger charge is 2.20. The number of aryl methyl sites for hydroxylation is 1. The van der Waals surface area contributed by atoms with Gasteiger partial charge < -0.3 is 10.6 Å². The molecule has 30 heavy (non-hydrogen) atoms. The van der Waals surface area contributed by atoms with Gasteiger partial charge in [-0.2, -0.15) is 0 Å². The minimum atomic E-state index is -3.51. The zero-order valence-electron chi connectivity index (χ0n) is 18.1. The van der Waals surface area contributed by atoms with Crippen LogP contribution in [0.15, 0.2) is 64.5 Å². The topological polar surface area (TPSA) is 73.8 Å². The molecule has 0 heterocycles. The third-order valence-electron chi connectivity index (χ3n) is 4.57. The van der Waals surface area contributed by atoms with Crippen molar-refractivity contribution in [2.45, 2.75) is 44.2 Å². The fourth-order valence-electron chi connectivity index (χ4n) is 2.90. The molecule has 0 radical (unpaired) electrons. The first-order valence-electron chi connectivity index (χ1n) is 9.93. The molecule has 0 aromatic heterocycles. The van der Waals surface area contributed by atoms with Gasteiger partial charge in [0.15, 0.2) is 5.96 Å². The maximum absolute atomic E-state index is 12.6. The molecule has 8 heteroatoms. The van der Waals surface area contributed by atoms with E-state index in [1.54, 1.807) is 12.1 Å². The van der Waals surface area contributed by atoms with Gasteiger partial charge in [-0.15, -0.1) is 24.0 Å². The minimum absolute atomic E-state index is 0. The third kappa shape index (κ3) is 7.88. The number of nitrogens with one attached hydrogen (secondary N) is 2. The number of guanidine groups is 1. The van der Waals surface area contributed by atoms with Crippen molar-refractivity contribution in [3.8, 4) is 0 Å². The Morgan fingerprint density at radius 3 is 2.33 bits per heavy atom. The molecule has 1 atom stereocenters. The SMILES string of the molecule is CCNC(=NCc1ccccc1S(=O)(=O)N(C)C)NC(C)CCc1ccccc1.I. The highest BCUT2D eigenvalue weighted by Crippen LogP contribution is 2.19. The normalized spacial score (nSPS) is 12.9. The van der Waals surface area contributed by atoms with Crippen LogP contribution in [0.3, 0.4) is 0 Å². The number of benzene rings is 2. The molecule has 0 aliphatic heterocycles. The van der Waals surface area contributed by atoms with Crippen LogP contribution in [0.4, 0.5) is 0 Å². The largest absolute Gasteiger partial charge is 0.357 e. The second-order valence-corrected chi connectivity index (χ2v) is 9.28. The number of nitrogens with zero attached hydrogens (tertiary/aromatic N) is 2. The van der Waals surface area contributed by atoms with Gasteiger partial charge in [0.2, 0.25) is 10.0 Å². The molecule has 2 aromatic rings. The Hall–Kier alpha value is -1.65. The van der Waals surface area contributed by atoms with E-state index in [1.807, 2.05) is 25.1 Å². The van der Waals surface area contributed by atoms with E-state index in [0.717, 1.165) is 19.4 Å². The number of sulfonamides is 1. The molecular formula is C22H33IN4O2S. The number of rotatable bonds is 9. The maximum atomic E-state index is 12.6. The molecule has 0 aliphatic rings. The number of halogens is 1. The smallest absolute Gasteiger partial charge is 0.242 e. The first-order valence-corrected chi connectivity index (χ1v) is 11.4. The first kappa shape index (κ1) is 26.4. The van der Waals surface area contributed by atoms with Crippen molar-refractivity contribution in [2.24, 2.45) is 4.99 Å². The highest BCUT2D eigenvalue weighted by atomic mass is 127. The van der Waals surface area contributed by atoms with E-state index in [-0.39, 0.29) is 36.6 Å². The Kier molecular flexibility index (Phi) is 11.4. The van der Waals surface area contributed by atoms with E-state index in [4.69, 9.17) is 0 Å². The van der Waals surface area contributed by atoms with Crippen molar-refractivity contribution in [1.82, 2.24) is 14.9 Å². The standard InChI is InChI=1S/C22H32N4O2S.HI/c1-5-23-22(25-18(2)15-16-19-11-7-6-8-12-19)24-17-20-13-9-10-14-21(20)29(27,28)26(3)4;/h6-14,18H,5,15-17H2,1-4H3,(H2,23,24,25);1H. The van der Waals surface area contributed by atoms with Gasteiger partial charge >= 0.3 is 0 Å². The second kappa shape index (κ2) is 12.9. The predicted molar refractivity (Wildman–Crippen MR) is 135 cm³/mol. The van der Waals surface area contributed by atoms with Crippen LogP contribution < -0.4 is 10.6 Å². The van der Waals surface area contributed by atoms with Gasteiger partial charge in [0.25, 0.3) is 0 Å². The lowest BCUT2D eigenvalue weighted by molar-refractivity contribution is 0.519. The molecule has 0 bridgehead atoms. The van der Waals surface area contributed by atoms with E-state index >= 15 is 0 Å².